The number of phosphoric ester groups is 2. The van der Waals surface area contributed by atoms with Gasteiger partial charge in [0, 0.05) is 6.92 Å². The molecule has 1 saturated heterocycles. The second-order valence-electron chi connectivity index (χ2n) is 8.51. The van der Waals surface area contributed by atoms with Gasteiger partial charge in [-0.05, 0) is 17.7 Å². The smallest absolute Gasteiger partial charge is 0.461 e. The number of nitrogens with two attached hydrogens (primary N) is 1. The molecule has 0 spiro atoms. The number of aliphatic hydroxyl groups is 2. The number of rotatable bonds is 12. The summed E-state index contributed by atoms with van der Waals surface area (Å²) in [5, 5.41) is 20.8. The molecule has 0 bridgehead atoms. The summed E-state index contributed by atoms with van der Waals surface area (Å²) in [5.41, 5.74) is 6.52. The lowest BCUT2D eigenvalue weighted by Gasteiger charge is -2.20. The van der Waals surface area contributed by atoms with Crippen LogP contribution in [0.3, 0.4) is 0 Å². The third-order valence-corrected chi connectivity index (χ3v) is 9.62. The number of phosphoric acid groups is 3. The lowest BCUT2D eigenvalue weighted by molar-refractivity contribution is -0.142. The number of imidazole rings is 1. The first kappa shape index (κ1) is 32.1. The summed E-state index contributed by atoms with van der Waals surface area (Å²) in [6, 6.07) is 5.00. The van der Waals surface area contributed by atoms with Crippen LogP contribution < -0.4 is 10.3 Å². The summed E-state index contributed by atoms with van der Waals surface area (Å²) in [4.78, 5) is 52.2. The Morgan fingerprint density at radius 2 is 1.67 bits per heavy atom. The molecule has 1 aliphatic heterocycles. The van der Waals surface area contributed by atoms with Crippen molar-refractivity contribution in [1.82, 2.24) is 19.5 Å². The van der Waals surface area contributed by atoms with Gasteiger partial charge in [-0.3, -0.25) is 18.8 Å². The van der Waals surface area contributed by atoms with E-state index in [2.05, 4.69) is 32.6 Å². The Labute approximate surface area is 235 Å². The molecule has 7 atom stereocenters. The van der Waals surface area contributed by atoms with Gasteiger partial charge in [0.2, 0.25) is 0 Å². The maximum atomic E-state index is 12.3. The number of aromatic nitrogens is 4. The minimum Gasteiger partial charge on any atom is -0.461 e. The minimum absolute atomic E-state index is 0.0349. The van der Waals surface area contributed by atoms with Gasteiger partial charge in [-0.1, -0.05) is 12.1 Å². The van der Waals surface area contributed by atoms with E-state index < -0.39 is 60.6 Å². The molecule has 230 valence electrons. The molecule has 1 fully saturated rings. The highest BCUT2D eigenvalue weighted by Crippen LogP contribution is 2.67. The van der Waals surface area contributed by atoms with Crippen LogP contribution in [0.1, 0.15) is 18.7 Å². The highest BCUT2D eigenvalue weighted by molar-refractivity contribution is 7.67. The molecule has 3 unspecified atom stereocenters. The predicted molar refractivity (Wildman–Crippen MR) is 136 cm³/mol. The summed E-state index contributed by atoms with van der Waals surface area (Å²) in [6.07, 6.45) is -3.79. The third-order valence-electron chi connectivity index (χ3n) is 5.40. The molecular formula is C19H24N5O15P3. The predicted octanol–water partition coefficient (Wildman–Crippen LogP) is 0.521. The number of anilines is 1. The van der Waals surface area contributed by atoms with Crippen molar-refractivity contribution >= 4 is 46.4 Å². The van der Waals surface area contributed by atoms with E-state index in [4.69, 9.17) is 15.2 Å². The van der Waals surface area contributed by atoms with E-state index in [-0.39, 0.29) is 29.3 Å². The number of esters is 1. The van der Waals surface area contributed by atoms with Gasteiger partial charge in [0.15, 0.2) is 17.7 Å². The number of benzene rings is 1. The number of ether oxygens (including phenoxy) is 2. The van der Waals surface area contributed by atoms with E-state index in [1.807, 2.05) is 0 Å². The van der Waals surface area contributed by atoms with Crippen molar-refractivity contribution in [2.75, 3.05) is 12.3 Å². The highest BCUT2D eigenvalue weighted by atomic mass is 31.3. The molecule has 1 aromatic carbocycles. The number of nitrogens with zero attached hydrogens (tertiary/aromatic N) is 4. The van der Waals surface area contributed by atoms with Crippen LogP contribution in [-0.2, 0) is 47.7 Å². The van der Waals surface area contributed by atoms with Crippen molar-refractivity contribution < 1.29 is 70.5 Å². The second-order valence-corrected chi connectivity index (χ2v) is 13.1. The quantitative estimate of drug-likeness (QED) is 0.114. The first-order chi connectivity index (χ1) is 19.6. The fourth-order valence-corrected chi connectivity index (χ4v) is 7.12. The Bertz CT molecular complexity index is 1590. The lowest BCUT2D eigenvalue weighted by Crippen LogP contribution is -2.33. The van der Waals surface area contributed by atoms with Gasteiger partial charge in [0.05, 0.1) is 12.9 Å². The van der Waals surface area contributed by atoms with Crippen molar-refractivity contribution in [2.45, 2.75) is 38.1 Å². The van der Waals surface area contributed by atoms with Crippen LogP contribution in [0.15, 0.2) is 36.9 Å². The van der Waals surface area contributed by atoms with E-state index >= 15 is 0 Å². The average Bonchev–Trinajstić information content (AvgIpc) is 3.42. The molecule has 0 radical (unpaired) electrons. The number of hydrogen-bond donors (Lipinski definition) is 6. The largest absolute Gasteiger partial charge is 0.536 e. The van der Waals surface area contributed by atoms with Gasteiger partial charge >= 0.3 is 29.4 Å². The third kappa shape index (κ3) is 7.96. The monoisotopic (exact) mass is 655 g/mol. The SMILES string of the molecule is CC(=O)OCc1ccc(OP(=O)(O)OP(=O)(O)OP(=O)(O)OC[C@H]2O[C@@H](n3cnc4c(N)ncnc43)[C@H](O)[C@@H]2O)cc1. The van der Waals surface area contributed by atoms with Crippen molar-refractivity contribution in [3.8, 4) is 5.75 Å². The molecule has 3 aromatic rings. The molecule has 7 N–H and O–H groups in total. The Hall–Kier alpha value is -2.83. The van der Waals surface area contributed by atoms with Crippen LogP contribution in [0.2, 0.25) is 0 Å². The Morgan fingerprint density at radius 3 is 2.33 bits per heavy atom. The van der Waals surface area contributed by atoms with Crippen molar-refractivity contribution in [1.29, 1.82) is 0 Å². The van der Waals surface area contributed by atoms with Crippen LogP contribution in [-0.4, -0.2) is 75.3 Å². The number of hydrogen-bond acceptors (Lipinski definition) is 16. The molecule has 1 aliphatic rings. The maximum Gasteiger partial charge on any atom is 0.536 e. The number of nitrogen functional groups attached to an aromatic ring is 1. The van der Waals surface area contributed by atoms with Gasteiger partial charge in [-0.2, -0.15) is 8.62 Å². The zero-order chi connectivity index (χ0) is 30.9. The maximum absolute atomic E-state index is 12.3. The molecule has 20 nitrogen and oxygen atoms in total. The minimum atomic E-state index is -5.80. The topological polar surface area (TPSA) is 294 Å². The summed E-state index contributed by atoms with van der Waals surface area (Å²) in [6.45, 7) is 0.131. The Kier molecular flexibility index (Phi) is 9.49. The molecule has 23 heteroatoms. The molecule has 2 aromatic heterocycles. The van der Waals surface area contributed by atoms with Gasteiger partial charge in [-0.15, -0.1) is 0 Å². The number of fused-ring (bicyclic) bond motifs is 1. The number of carbonyl (C=O) groups excluding carboxylic acids is 1. The van der Waals surface area contributed by atoms with Crippen LogP contribution >= 0.6 is 23.5 Å². The van der Waals surface area contributed by atoms with Crippen molar-refractivity contribution in [3.05, 3.63) is 42.5 Å². The standard InChI is InChI=1S/C19H24N5O15P3/c1-10(25)34-6-11-2-4-12(5-3-11)37-41(30,31)39-42(32,33)38-40(28,29)35-7-13-15(26)16(27)19(36-13)24-9-23-14-17(20)21-8-22-18(14)24/h2-5,8-9,13,15-16,19,26-27H,6-7H2,1H3,(H,28,29)(H,30,31)(H,32,33)(H2,20,21,22)/t13-,15-,16-,19-/m1/s1. The Morgan fingerprint density at radius 1 is 1.00 bits per heavy atom. The molecular weight excluding hydrogens is 631 g/mol. The molecule has 42 heavy (non-hydrogen) atoms. The fraction of sp³-hybridized carbons (Fsp3) is 0.368. The lowest BCUT2D eigenvalue weighted by atomic mass is 10.1. The highest BCUT2D eigenvalue weighted by Gasteiger charge is 2.47. The van der Waals surface area contributed by atoms with Gasteiger partial charge in [0.1, 0.15) is 42.5 Å². The summed E-state index contributed by atoms with van der Waals surface area (Å²) in [5.74, 6) is -0.824. The van der Waals surface area contributed by atoms with Crippen LogP contribution in [0.4, 0.5) is 5.82 Å². The van der Waals surface area contributed by atoms with Gasteiger partial charge in [-0.25, -0.2) is 28.6 Å². The molecule has 0 aliphatic carbocycles. The molecule has 3 heterocycles. The van der Waals surface area contributed by atoms with E-state index in [1.54, 1.807) is 0 Å². The van der Waals surface area contributed by atoms with Gasteiger partial charge in [0.25, 0.3) is 0 Å². The average molecular weight is 655 g/mol. The van der Waals surface area contributed by atoms with Gasteiger partial charge < -0.3 is 39.7 Å². The first-order valence-corrected chi connectivity index (χ1v) is 16.0. The summed E-state index contributed by atoms with van der Waals surface area (Å²) in [7, 11) is -16.7. The zero-order valence-corrected chi connectivity index (χ0v) is 23.9. The van der Waals surface area contributed by atoms with E-state index in [0.29, 0.717) is 5.56 Å². The zero-order valence-electron chi connectivity index (χ0n) is 21.2. The van der Waals surface area contributed by atoms with E-state index in [9.17, 15) is 43.4 Å². The van der Waals surface area contributed by atoms with E-state index in [0.717, 1.165) is 18.5 Å². The summed E-state index contributed by atoms with van der Waals surface area (Å²) >= 11 is 0. The molecule has 0 saturated carbocycles. The van der Waals surface area contributed by atoms with Crippen LogP contribution in [0, 0.1) is 0 Å². The number of carbonyl (C=O) groups is 1. The second kappa shape index (κ2) is 12.4. The van der Waals surface area contributed by atoms with Crippen molar-refractivity contribution in [3.63, 3.8) is 0 Å². The number of aliphatic hydroxyl groups excluding tert-OH is 2. The molecule has 0 amide bonds. The first-order valence-electron chi connectivity index (χ1n) is 11.5. The fourth-order valence-electron chi connectivity index (χ4n) is 3.60. The Balaban J connectivity index is 1.33. The normalized spacial score (nSPS) is 24.9. The molecule has 4 rings (SSSR count). The van der Waals surface area contributed by atoms with Crippen molar-refractivity contribution in [2.24, 2.45) is 0 Å². The van der Waals surface area contributed by atoms with Crippen LogP contribution in [0.5, 0.6) is 5.75 Å². The summed E-state index contributed by atoms with van der Waals surface area (Å²) < 4.78 is 65.5. The van der Waals surface area contributed by atoms with E-state index in [1.165, 1.54) is 30.0 Å². The van der Waals surface area contributed by atoms with Crippen LogP contribution in [0.25, 0.3) is 11.2 Å².